The van der Waals surface area contributed by atoms with Crippen molar-refractivity contribution >= 4 is 31.9 Å². The van der Waals surface area contributed by atoms with Gasteiger partial charge in [-0.3, -0.25) is 0 Å². The molecule has 0 fully saturated rings. The van der Waals surface area contributed by atoms with E-state index in [0.717, 1.165) is 28.2 Å². The zero-order valence-corrected chi connectivity index (χ0v) is 14.6. The average Bonchev–Trinajstić information content (AvgIpc) is 2.50. The van der Waals surface area contributed by atoms with E-state index in [2.05, 4.69) is 41.8 Å². The van der Waals surface area contributed by atoms with E-state index in [4.69, 9.17) is 9.47 Å². The number of hydrogen-bond acceptors (Lipinski definition) is 4. The maximum Gasteiger partial charge on any atom is 0.213 e. The topological polar surface area (TPSA) is 44.2 Å². The standard InChI is InChI=1S/C15H16Br2N2O2/c16-12-4-6-14(18-10-12)20-8-2-1-3-9-21-15-7-5-13(17)11-19-15/h4-7,10-11H,1-3,8-9H2. The van der Waals surface area contributed by atoms with Crippen LogP contribution in [0.2, 0.25) is 0 Å². The highest BCUT2D eigenvalue weighted by Crippen LogP contribution is 2.14. The Morgan fingerprint density at radius 2 is 1.19 bits per heavy atom. The van der Waals surface area contributed by atoms with Gasteiger partial charge in [-0.05, 0) is 63.3 Å². The van der Waals surface area contributed by atoms with E-state index in [1.165, 1.54) is 0 Å². The lowest BCUT2D eigenvalue weighted by Crippen LogP contribution is -2.02. The molecule has 0 saturated carbocycles. The van der Waals surface area contributed by atoms with Crippen molar-refractivity contribution in [3.05, 3.63) is 45.6 Å². The molecule has 2 aromatic rings. The van der Waals surface area contributed by atoms with Gasteiger partial charge < -0.3 is 9.47 Å². The van der Waals surface area contributed by atoms with Gasteiger partial charge in [0.05, 0.1) is 13.2 Å². The third-order valence-electron chi connectivity index (χ3n) is 2.69. The molecule has 0 atom stereocenters. The molecule has 0 aliphatic heterocycles. The van der Waals surface area contributed by atoms with Crippen LogP contribution in [0.4, 0.5) is 0 Å². The number of hydrogen-bond donors (Lipinski definition) is 0. The average molecular weight is 416 g/mol. The molecule has 0 bridgehead atoms. The van der Waals surface area contributed by atoms with Crippen molar-refractivity contribution in [2.45, 2.75) is 19.3 Å². The van der Waals surface area contributed by atoms with Crippen molar-refractivity contribution < 1.29 is 9.47 Å². The fourth-order valence-electron chi connectivity index (χ4n) is 1.63. The van der Waals surface area contributed by atoms with Gasteiger partial charge >= 0.3 is 0 Å². The third kappa shape index (κ3) is 6.44. The monoisotopic (exact) mass is 414 g/mol. The summed E-state index contributed by atoms with van der Waals surface area (Å²) < 4.78 is 13.0. The van der Waals surface area contributed by atoms with E-state index in [9.17, 15) is 0 Å². The molecule has 0 aliphatic rings. The first-order valence-electron chi connectivity index (χ1n) is 6.73. The molecule has 0 radical (unpaired) electrons. The fraction of sp³-hybridized carbons (Fsp3) is 0.333. The van der Waals surface area contributed by atoms with Gasteiger partial charge in [0.25, 0.3) is 0 Å². The van der Waals surface area contributed by atoms with E-state index >= 15 is 0 Å². The van der Waals surface area contributed by atoms with Crippen LogP contribution in [0.5, 0.6) is 11.8 Å². The Labute approximate surface area is 141 Å². The van der Waals surface area contributed by atoms with Crippen molar-refractivity contribution in [2.24, 2.45) is 0 Å². The normalized spacial score (nSPS) is 10.4. The highest BCUT2D eigenvalue weighted by atomic mass is 79.9. The summed E-state index contributed by atoms with van der Waals surface area (Å²) in [4.78, 5) is 8.31. The van der Waals surface area contributed by atoms with Crippen LogP contribution in [0.15, 0.2) is 45.6 Å². The van der Waals surface area contributed by atoms with Gasteiger partial charge in [0.2, 0.25) is 11.8 Å². The van der Waals surface area contributed by atoms with Crippen LogP contribution >= 0.6 is 31.9 Å². The highest BCUT2D eigenvalue weighted by Gasteiger charge is 1.97. The maximum atomic E-state index is 5.55. The van der Waals surface area contributed by atoms with Crippen LogP contribution in [0.25, 0.3) is 0 Å². The van der Waals surface area contributed by atoms with Crippen molar-refractivity contribution in [3.63, 3.8) is 0 Å². The first-order chi connectivity index (χ1) is 10.2. The second-order valence-corrected chi connectivity index (χ2v) is 6.22. The SMILES string of the molecule is Brc1ccc(OCCCCCOc2ccc(Br)cn2)nc1. The smallest absolute Gasteiger partial charge is 0.213 e. The molecular weight excluding hydrogens is 400 g/mol. The number of pyridine rings is 2. The summed E-state index contributed by atoms with van der Waals surface area (Å²) in [5.74, 6) is 1.32. The first kappa shape index (κ1) is 16.2. The molecule has 0 amide bonds. The van der Waals surface area contributed by atoms with Gasteiger partial charge in [-0.25, -0.2) is 9.97 Å². The predicted molar refractivity (Wildman–Crippen MR) is 88.7 cm³/mol. The largest absolute Gasteiger partial charge is 0.478 e. The maximum absolute atomic E-state index is 5.55. The molecule has 0 aliphatic carbocycles. The van der Waals surface area contributed by atoms with Crippen molar-refractivity contribution in [1.82, 2.24) is 9.97 Å². The Morgan fingerprint density at radius 1 is 0.714 bits per heavy atom. The van der Waals surface area contributed by atoms with Gasteiger partial charge in [0, 0.05) is 33.5 Å². The van der Waals surface area contributed by atoms with E-state index in [1.54, 1.807) is 12.4 Å². The predicted octanol–water partition coefficient (Wildman–Crippen LogP) is 4.63. The van der Waals surface area contributed by atoms with Crippen LogP contribution in [0.3, 0.4) is 0 Å². The van der Waals surface area contributed by atoms with E-state index in [-0.39, 0.29) is 0 Å². The second kappa shape index (κ2) is 9.00. The minimum atomic E-state index is 0.661. The third-order valence-corrected chi connectivity index (χ3v) is 3.63. The molecule has 0 unspecified atom stereocenters. The number of halogens is 2. The van der Waals surface area contributed by atoms with Crippen molar-refractivity contribution in [3.8, 4) is 11.8 Å². The van der Waals surface area contributed by atoms with Gasteiger partial charge in [-0.1, -0.05) is 0 Å². The number of nitrogens with zero attached hydrogens (tertiary/aromatic N) is 2. The molecule has 2 heterocycles. The summed E-state index contributed by atoms with van der Waals surface area (Å²) >= 11 is 6.68. The van der Waals surface area contributed by atoms with Crippen molar-refractivity contribution in [1.29, 1.82) is 0 Å². The zero-order chi connectivity index (χ0) is 14.9. The van der Waals surface area contributed by atoms with Gasteiger partial charge in [-0.2, -0.15) is 0 Å². The molecule has 21 heavy (non-hydrogen) atoms. The molecule has 6 heteroatoms. The first-order valence-corrected chi connectivity index (χ1v) is 8.31. The number of aromatic nitrogens is 2. The summed E-state index contributed by atoms with van der Waals surface area (Å²) in [6, 6.07) is 7.54. The number of unbranched alkanes of at least 4 members (excludes halogenated alkanes) is 2. The summed E-state index contributed by atoms with van der Waals surface area (Å²) in [5.41, 5.74) is 0. The van der Waals surface area contributed by atoms with E-state index in [1.807, 2.05) is 24.3 Å². The Bertz CT molecular complexity index is 483. The second-order valence-electron chi connectivity index (χ2n) is 4.39. The van der Waals surface area contributed by atoms with E-state index in [0.29, 0.717) is 25.0 Å². The molecule has 0 saturated heterocycles. The lowest BCUT2D eigenvalue weighted by atomic mass is 10.2. The molecule has 4 nitrogen and oxygen atoms in total. The number of ether oxygens (including phenoxy) is 2. The molecule has 2 rings (SSSR count). The molecule has 0 spiro atoms. The summed E-state index contributed by atoms with van der Waals surface area (Å²) in [7, 11) is 0. The quantitative estimate of drug-likeness (QED) is 0.589. The molecule has 112 valence electrons. The summed E-state index contributed by atoms with van der Waals surface area (Å²) in [6.45, 7) is 1.34. The fourth-order valence-corrected chi connectivity index (χ4v) is 2.10. The Hall–Kier alpha value is -1.14. The summed E-state index contributed by atoms with van der Waals surface area (Å²) in [5, 5.41) is 0. The Morgan fingerprint density at radius 3 is 1.57 bits per heavy atom. The Kier molecular flexibility index (Phi) is 6.95. The summed E-state index contributed by atoms with van der Waals surface area (Å²) in [6.07, 6.45) is 6.47. The van der Waals surface area contributed by atoms with E-state index < -0.39 is 0 Å². The molecule has 0 aromatic carbocycles. The molecule has 2 aromatic heterocycles. The van der Waals surface area contributed by atoms with Crippen LogP contribution in [0, 0.1) is 0 Å². The zero-order valence-electron chi connectivity index (χ0n) is 11.5. The van der Waals surface area contributed by atoms with Crippen molar-refractivity contribution in [2.75, 3.05) is 13.2 Å². The minimum Gasteiger partial charge on any atom is -0.478 e. The Balaban J connectivity index is 1.52. The van der Waals surface area contributed by atoms with Gasteiger partial charge in [0.1, 0.15) is 0 Å². The number of rotatable bonds is 8. The van der Waals surface area contributed by atoms with Crippen LogP contribution in [-0.2, 0) is 0 Å². The molecular formula is C15H16Br2N2O2. The van der Waals surface area contributed by atoms with Crippen LogP contribution < -0.4 is 9.47 Å². The van der Waals surface area contributed by atoms with Crippen LogP contribution in [-0.4, -0.2) is 23.2 Å². The van der Waals surface area contributed by atoms with Gasteiger partial charge in [-0.15, -0.1) is 0 Å². The van der Waals surface area contributed by atoms with Gasteiger partial charge in [0.15, 0.2) is 0 Å². The lowest BCUT2D eigenvalue weighted by Gasteiger charge is -2.06. The minimum absolute atomic E-state index is 0.661. The molecule has 0 N–H and O–H groups in total. The highest BCUT2D eigenvalue weighted by molar-refractivity contribution is 9.10. The van der Waals surface area contributed by atoms with Crippen LogP contribution in [0.1, 0.15) is 19.3 Å². The lowest BCUT2D eigenvalue weighted by molar-refractivity contribution is 0.269.